The number of urea groups is 1. The smallest absolute Gasteiger partial charge is 0.318 e. The zero-order valence-corrected chi connectivity index (χ0v) is 12.4. The maximum absolute atomic E-state index is 11.3. The molecule has 8 nitrogen and oxygen atoms in total. The molecule has 0 aliphatic heterocycles. The van der Waals surface area contributed by atoms with E-state index in [1.54, 1.807) is 0 Å². The van der Waals surface area contributed by atoms with Crippen molar-refractivity contribution in [3.05, 3.63) is 23.8 Å². The number of primary sulfonamides is 1. The first-order valence-corrected chi connectivity index (χ1v) is 7.54. The Balaban J connectivity index is 2.97. The van der Waals surface area contributed by atoms with Gasteiger partial charge in [0.1, 0.15) is 5.75 Å². The quantitative estimate of drug-likeness (QED) is 0.702. The largest absolute Gasteiger partial charge is 0.483 e. The molecule has 0 aliphatic rings. The number of primary amides is 1. The molecule has 0 aliphatic carbocycles. The van der Waals surface area contributed by atoms with Crippen molar-refractivity contribution in [3.63, 3.8) is 0 Å². The molecule has 21 heavy (non-hydrogen) atoms. The molecule has 9 heteroatoms. The fraction of sp³-hybridized carbons (Fsp3) is 0.333. The van der Waals surface area contributed by atoms with E-state index < -0.39 is 28.6 Å². The van der Waals surface area contributed by atoms with Gasteiger partial charge in [0.05, 0.1) is 4.90 Å². The fourth-order valence-corrected chi connectivity index (χ4v) is 2.15. The summed E-state index contributed by atoms with van der Waals surface area (Å²) in [4.78, 5) is 21.7. The molecule has 1 aromatic rings. The van der Waals surface area contributed by atoms with Crippen LogP contribution in [0.5, 0.6) is 5.75 Å². The highest BCUT2D eigenvalue weighted by molar-refractivity contribution is 7.89. The summed E-state index contributed by atoms with van der Waals surface area (Å²) in [5.74, 6) is -0.425. The number of sulfonamides is 1. The van der Waals surface area contributed by atoms with Gasteiger partial charge in [-0.25, -0.2) is 18.4 Å². The van der Waals surface area contributed by atoms with Crippen LogP contribution in [0.4, 0.5) is 4.79 Å². The van der Waals surface area contributed by atoms with Gasteiger partial charge in [-0.3, -0.25) is 10.1 Å². The molecule has 0 aromatic heterocycles. The van der Waals surface area contributed by atoms with Gasteiger partial charge in [-0.15, -0.1) is 0 Å². The van der Waals surface area contributed by atoms with Crippen molar-refractivity contribution in [2.24, 2.45) is 10.9 Å². The average molecular weight is 315 g/mol. The number of carbonyl (C=O) groups is 2. The van der Waals surface area contributed by atoms with Gasteiger partial charge in [0, 0.05) is 0 Å². The molecule has 0 fully saturated rings. The normalized spacial score (nSPS) is 11.2. The molecule has 3 amide bonds. The molecule has 0 atom stereocenters. The van der Waals surface area contributed by atoms with Gasteiger partial charge in [-0.2, -0.15) is 0 Å². The van der Waals surface area contributed by atoms with Gasteiger partial charge in [0.2, 0.25) is 10.0 Å². The standard InChI is InChI=1S/C12H17N3O5S/c1-7(2)9-5-8(21(14,18)19)3-4-10(9)20-6-11(16)15-12(13)17/h3-5,7H,6H2,1-2H3,(H2,14,18,19)(H3,13,15,16,17). The topological polar surface area (TPSA) is 142 Å². The summed E-state index contributed by atoms with van der Waals surface area (Å²) in [5.41, 5.74) is 5.38. The number of carbonyl (C=O) groups excluding carboxylic acids is 2. The summed E-state index contributed by atoms with van der Waals surface area (Å²) in [5, 5.41) is 6.93. The van der Waals surface area contributed by atoms with Gasteiger partial charge >= 0.3 is 6.03 Å². The minimum Gasteiger partial charge on any atom is -0.483 e. The summed E-state index contributed by atoms with van der Waals surface area (Å²) >= 11 is 0. The highest BCUT2D eigenvalue weighted by Crippen LogP contribution is 2.28. The van der Waals surface area contributed by atoms with Gasteiger partial charge in [0.15, 0.2) is 6.61 Å². The lowest BCUT2D eigenvalue weighted by Crippen LogP contribution is -2.38. The van der Waals surface area contributed by atoms with E-state index in [1.807, 2.05) is 19.2 Å². The van der Waals surface area contributed by atoms with Crippen LogP contribution in [-0.2, 0) is 14.8 Å². The third kappa shape index (κ3) is 5.04. The Bertz CT molecular complexity index is 655. The van der Waals surface area contributed by atoms with E-state index in [9.17, 15) is 18.0 Å². The maximum atomic E-state index is 11.3. The van der Waals surface area contributed by atoms with E-state index in [4.69, 9.17) is 15.6 Å². The number of hydrogen-bond acceptors (Lipinski definition) is 5. The Hall–Kier alpha value is -2.13. The second-order valence-corrected chi connectivity index (χ2v) is 6.16. The van der Waals surface area contributed by atoms with E-state index in [-0.39, 0.29) is 10.8 Å². The summed E-state index contributed by atoms with van der Waals surface area (Å²) < 4.78 is 27.9. The first-order chi connectivity index (χ1) is 9.61. The van der Waals surface area contributed by atoms with Gasteiger partial charge < -0.3 is 10.5 Å². The molecule has 0 bridgehead atoms. The number of ether oxygens (including phenoxy) is 1. The van der Waals surface area contributed by atoms with E-state index in [2.05, 4.69) is 0 Å². The molecule has 1 rings (SSSR count). The Kier molecular flexibility index (Phi) is 5.28. The van der Waals surface area contributed by atoms with Crippen LogP contribution in [-0.4, -0.2) is 27.0 Å². The van der Waals surface area contributed by atoms with Crippen molar-refractivity contribution in [1.82, 2.24) is 5.32 Å². The van der Waals surface area contributed by atoms with Crippen molar-refractivity contribution >= 4 is 22.0 Å². The van der Waals surface area contributed by atoms with Crippen molar-refractivity contribution in [3.8, 4) is 5.75 Å². The van der Waals surface area contributed by atoms with E-state index in [0.717, 1.165) is 0 Å². The predicted octanol–water partition coefficient (Wildman–Crippen LogP) is 0.0311. The second kappa shape index (κ2) is 6.55. The van der Waals surface area contributed by atoms with Crippen LogP contribution in [0.15, 0.2) is 23.1 Å². The average Bonchev–Trinajstić information content (AvgIpc) is 2.34. The minimum atomic E-state index is -3.82. The lowest BCUT2D eigenvalue weighted by molar-refractivity contribution is -0.121. The van der Waals surface area contributed by atoms with Crippen LogP contribution in [0, 0.1) is 0 Å². The number of nitrogens with two attached hydrogens (primary N) is 2. The summed E-state index contributed by atoms with van der Waals surface area (Å²) in [6, 6.07) is 3.11. The monoisotopic (exact) mass is 315 g/mol. The third-order valence-corrected chi connectivity index (χ3v) is 3.46. The van der Waals surface area contributed by atoms with Gasteiger partial charge in [0.25, 0.3) is 5.91 Å². The second-order valence-electron chi connectivity index (χ2n) is 4.60. The van der Waals surface area contributed by atoms with E-state index in [1.165, 1.54) is 18.2 Å². The number of nitrogens with one attached hydrogen (secondary N) is 1. The molecule has 116 valence electrons. The highest BCUT2D eigenvalue weighted by Gasteiger charge is 2.15. The zero-order chi connectivity index (χ0) is 16.2. The molecule has 0 saturated heterocycles. The van der Waals surface area contributed by atoms with Crippen molar-refractivity contribution in [2.45, 2.75) is 24.7 Å². The van der Waals surface area contributed by atoms with Gasteiger partial charge in [-0.1, -0.05) is 13.8 Å². The van der Waals surface area contributed by atoms with Crippen LogP contribution in [0.25, 0.3) is 0 Å². The van der Waals surface area contributed by atoms with Crippen molar-refractivity contribution in [1.29, 1.82) is 0 Å². The Labute approximate surface area is 122 Å². The molecule has 1 aromatic carbocycles. The predicted molar refractivity (Wildman–Crippen MR) is 75.1 cm³/mol. The first kappa shape index (κ1) is 16.9. The van der Waals surface area contributed by atoms with Gasteiger partial charge in [-0.05, 0) is 29.7 Å². The molecular weight excluding hydrogens is 298 g/mol. The number of benzene rings is 1. The molecule has 0 unspecified atom stereocenters. The molecule has 0 radical (unpaired) electrons. The SMILES string of the molecule is CC(C)c1cc(S(N)(=O)=O)ccc1OCC(=O)NC(N)=O. The molecular formula is C12H17N3O5S. The summed E-state index contributed by atoms with van der Waals surface area (Å²) in [6.45, 7) is 3.24. The number of rotatable bonds is 5. The summed E-state index contributed by atoms with van der Waals surface area (Å²) in [7, 11) is -3.82. The maximum Gasteiger partial charge on any atom is 0.318 e. The lowest BCUT2D eigenvalue weighted by atomic mass is 10.0. The van der Waals surface area contributed by atoms with Crippen LogP contribution >= 0.6 is 0 Å². The Morgan fingerprint density at radius 1 is 1.33 bits per heavy atom. The van der Waals surface area contributed by atoms with Crippen LogP contribution < -0.4 is 20.9 Å². The Morgan fingerprint density at radius 2 is 1.95 bits per heavy atom. The van der Waals surface area contributed by atoms with Crippen LogP contribution in [0.2, 0.25) is 0 Å². The van der Waals surface area contributed by atoms with Crippen molar-refractivity contribution in [2.75, 3.05) is 6.61 Å². The lowest BCUT2D eigenvalue weighted by Gasteiger charge is -2.14. The van der Waals surface area contributed by atoms with Crippen LogP contribution in [0.3, 0.4) is 0 Å². The third-order valence-electron chi connectivity index (χ3n) is 2.55. The summed E-state index contributed by atoms with van der Waals surface area (Å²) in [6.07, 6.45) is 0. The molecule has 0 saturated carbocycles. The molecule has 5 N–H and O–H groups in total. The minimum absolute atomic E-state index is 0.0415. The number of hydrogen-bond donors (Lipinski definition) is 3. The van der Waals surface area contributed by atoms with Crippen LogP contribution in [0.1, 0.15) is 25.3 Å². The number of amides is 3. The first-order valence-electron chi connectivity index (χ1n) is 6.00. The van der Waals surface area contributed by atoms with E-state index in [0.29, 0.717) is 11.3 Å². The molecule has 0 spiro atoms. The molecule has 0 heterocycles. The highest BCUT2D eigenvalue weighted by atomic mass is 32.2. The zero-order valence-electron chi connectivity index (χ0n) is 11.6. The number of imide groups is 1. The van der Waals surface area contributed by atoms with E-state index >= 15 is 0 Å². The van der Waals surface area contributed by atoms with Crippen molar-refractivity contribution < 1.29 is 22.7 Å². The Morgan fingerprint density at radius 3 is 2.43 bits per heavy atom. The fourth-order valence-electron chi connectivity index (χ4n) is 1.60.